The van der Waals surface area contributed by atoms with Crippen molar-refractivity contribution in [1.29, 1.82) is 0 Å². The van der Waals surface area contributed by atoms with Crippen LogP contribution in [-0.2, 0) is 6.42 Å². The number of hydrogen-bond acceptors (Lipinski definition) is 5. The van der Waals surface area contributed by atoms with Gasteiger partial charge in [-0.25, -0.2) is 4.98 Å². The Kier molecular flexibility index (Phi) is 3.94. The number of ether oxygens (including phenoxy) is 1. The Balaban J connectivity index is 1.45. The molecule has 6 heteroatoms. The Morgan fingerprint density at radius 1 is 1.19 bits per heavy atom. The molecule has 2 aromatic carbocycles. The summed E-state index contributed by atoms with van der Waals surface area (Å²) in [6.07, 6.45) is 2.64. The maximum Gasteiger partial charge on any atom is 0.270 e. The summed E-state index contributed by atoms with van der Waals surface area (Å²) in [6, 6.07) is 14.2. The Hall–Kier alpha value is -2.31. The van der Waals surface area contributed by atoms with Gasteiger partial charge in [0, 0.05) is 29.2 Å². The van der Waals surface area contributed by atoms with Gasteiger partial charge in [-0.3, -0.25) is 4.79 Å². The molecule has 26 heavy (non-hydrogen) atoms. The number of thioether (sulfide) groups is 1. The second-order valence-electron chi connectivity index (χ2n) is 6.22. The number of carbonyl (C=O) groups excluding carboxylic acids is 1. The Morgan fingerprint density at radius 3 is 3.08 bits per heavy atom. The van der Waals surface area contributed by atoms with Crippen LogP contribution in [0.1, 0.15) is 15.2 Å². The molecular weight excluding hydrogens is 364 g/mol. The number of para-hydroxylation sites is 1. The van der Waals surface area contributed by atoms with E-state index < -0.39 is 0 Å². The van der Waals surface area contributed by atoms with Crippen molar-refractivity contribution >= 4 is 34.7 Å². The first-order valence-electron chi connectivity index (χ1n) is 8.55. The second-order valence-corrected chi connectivity index (χ2v) is 8.39. The molecular formula is C20H16N2O2S2. The average Bonchev–Trinajstić information content (AvgIpc) is 3.35. The van der Waals surface area contributed by atoms with Crippen molar-refractivity contribution < 1.29 is 9.53 Å². The molecule has 2 aliphatic rings. The van der Waals surface area contributed by atoms with E-state index in [0.29, 0.717) is 4.88 Å². The van der Waals surface area contributed by atoms with Gasteiger partial charge >= 0.3 is 0 Å². The lowest BCUT2D eigenvalue weighted by atomic mass is 10.1. The molecule has 0 unspecified atom stereocenters. The summed E-state index contributed by atoms with van der Waals surface area (Å²) in [5.74, 6) is 1.91. The van der Waals surface area contributed by atoms with Gasteiger partial charge in [-0.2, -0.15) is 0 Å². The summed E-state index contributed by atoms with van der Waals surface area (Å²) in [4.78, 5) is 21.3. The zero-order valence-corrected chi connectivity index (χ0v) is 15.6. The molecule has 0 saturated carbocycles. The van der Waals surface area contributed by atoms with Gasteiger partial charge < -0.3 is 9.64 Å². The van der Waals surface area contributed by atoms with Crippen LogP contribution in [0.15, 0.2) is 53.6 Å². The summed E-state index contributed by atoms with van der Waals surface area (Å²) in [7, 11) is 0. The molecule has 1 amide bonds. The summed E-state index contributed by atoms with van der Waals surface area (Å²) < 4.78 is 5.57. The number of anilines is 1. The zero-order valence-electron chi connectivity index (χ0n) is 14.0. The van der Waals surface area contributed by atoms with Crippen molar-refractivity contribution in [1.82, 2.24) is 4.98 Å². The number of carbonyl (C=O) groups is 1. The van der Waals surface area contributed by atoms with Gasteiger partial charge in [0.2, 0.25) is 0 Å². The molecule has 4 nitrogen and oxygen atoms in total. The first kappa shape index (κ1) is 15.9. The highest BCUT2D eigenvalue weighted by Crippen LogP contribution is 2.37. The number of thiazole rings is 1. The van der Waals surface area contributed by atoms with E-state index in [-0.39, 0.29) is 5.91 Å². The van der Waals surface area contributed by atoms with Crippen LogP contribution in [0.25, 0.3) is 10.6 Å². The van der Waals surface area contributed by atoms with Crippen LogP contribution < -0.4 is 9.64 Å². The number of amides is 1. The van der Waals surface area contributed by atoms with Crippen molar-refractivity contribution in [3.63, 3.8) is 0 Å². The Bertz CT molecular complexity index is 999. The fourth-order valence-corrected chi connectivity index (χ4v) is 5.20. The van der Waals surface area contributed by atoms with E-state index in [0.717, 1.165) is 52.2 Å². The fraction of sp³-hybridized carbons (Fsp3) is 0.200. The maximum atomic E-state index is 13.1. The molecule has 3 heterocycles. The van der Waals surface area contributed by atoms with Crippen LogP contribution in [-0.4, -0.2) is 29.8 Å². The van der Waals surface area contributed by atoms with Gasteiger partial charge in [-0.1, -0.05) is 12.1 Å². The summed E-state index contributed by atoms with van der Waals surface area (Å²) in [5, 5.41) is 0.878. The van der Waals surface area contributed by atoms with Gasteiger partial charge in [0.15, 0.2) is 0 Å². The highest BCUT2D eigenvalue weighted by atomic mass is 32.2. The summed E-state index contributed by atoms with van der Waals surface area (Å²) in [6.45, 7) is 1.47. The molecule has 0 bridgehead atoms. The van der Waals surface area contributed by atoms with E-state index in [2.05, 4.69) is 17.1 Å². The van der Waals surface area contributed by atoms with E-state index in [1.165, 1.54) is 16.9 Å². The monoisotopic (exact) mass is 380 g/mol. The predicted molar refractivity (Wildman–Crippen MR) is 106 cm³/mol. The lowest BCUT2D eigenvalue weighted by molar-refractivity contribution is 0.0991. The number of rotatable bonds is 2. The molecule has 1 aromatic heterocycles. The molecule has 5 rings (SSSR count). The minimum absolute atomic E-state index is 0.0333. The lowest BCUT2D eigenvalue weighted by Crippen LogP contribution is -2.34. The topological polar surface area (TPSA) is 42.4 Å². The highest BCUT2D eigenvalue weighted by molar-refractivity contribution is 7.99. The average molecular weight is 380 g/mol. The number of aromatic nitrogens is 1. The molecule has 2 aliphatic heterocycles. The fourth-order valence-electron chi connectivity index (χ4n) is 3.34. The van der Waals surface area contributed by atoms with Crippen LogP contribution in [0.5, 0.6) is 5.75 Å². The number of benzene rings is 2. The first-order chi connectivity index (χ1) is 12.8. The summed E-state index contributed by atoms with van der Waals surface area (Å²) >= 11 is 3.26. The zero-order chi connectivity index (χ0) is 17.5. The standard InChI is InChI=1S/C20H16N2O2S2/c23-20(22-8-10-25-17-4-2-1-3-15(17)22)18-12-21-19(26-18)14-5-6-16-13(11-14)7-9-24-16/h1-6,11-12H,7-10H2. The van der Waals surface area contributed by atoms with Gasteiger partial charge in [0.05, 0.1) is 18.5 Å². The van der Waals surface area contributed by atoms with Gasteiger partial charge in [0.1, 0.15) is 15.6 Å². The van der Waals surface area contributed by atoms with E-state index in [4.69, 9.17) is 4.74 Å². The third kappa shape index (κ3) is 2.70. The van der Waals surface area contributed by atoms with Crippen molar-refractivity contribution in [2.45, 2.75) is 11.3 Å². The lowest BCUT2D eigenvalue weighted by Gasteiger charge is -2.28. The smallest absolute Gasteiger partial charge is 0.270 e. The molecule has 0 fully saturated rings. The van der Waals surface area contributed by atoms with Crippen molar-refractivity contribution in [2.24, 2.45) is 0 Å². The molecule has 0 N–H and O–H groups in total. The Labute approximate surface area is 159 Å². The van der Waals surface area contributed by atoms with E-state index in [1.807, 2.05) is 35.2 Å². The minimum atomic E-state index is 0.0333. The number of hydrogen-bond donors (Lipinski definition) is 0. The summed E-state index contributed by atoms with van der Waals surface area (Å²) in [5.41, 5.74) is 3.26. The number of nitrogens with zero attached hydrogens (tertiary/aromatic N) is 2. The van der Waals surface area contributed by atoms with E-state index in [1.54, 1.807) is 18.0 Å². The quantitative estimate of drug-likeness (QED) is 0.657. The molecule has 3 aromatic rings. The molecule has 0 radical (unpaired) electrons. The van der Waals surface area contributed by atoms with Gasteiger partial charge in [-0.15, -0.1) is 23.1 Å². The van der Waals surface area contributed by atoms with E-state index in [9.17, 15) is 4.79 Å². The third-order valence-corrected chi connectivity index (χ3v) is 6.70. The van der Waals surface area contributed by atoms with Crippen LogP contribution in [0.3, 0.4) is 0 Å². The van der Waals surface area contributed by atoms with Crippen LogP contribution in [0.4, 0.5) is 5.69 Å². The molecule has 0 aliphatic carbocycles. The van der Waals surface area contributed by atoms with Crippen LogP contribution in [0.2, 0.25) is 0 Å². The van der Waals surface area contributed by atoms with E-state index >= 15 is 0 Å². The maximum absolute atomic E-state index is 13.1. The van der Waals surface area contributed by atoms with Crippen molar-refractivity contribution in [3.05, 3.63) is 59.1 Å². The highest BCUT2D eigenvalue weighted by Gasteiger charge is 2.25. The molecule has 130 valence electrons. The first-order valence-corrected chi connectivity index (χ1v) is 10.4. The third-order valence-electron chi connectivity index (χ3n) is 4.63. The van der Waals surface area contributed by atoms with Crippen LogP contribution >= 0.6 is 23.1 Å². The molecule has 0 spiro atoms. The SMILES string of the molecule is O=C(c1cnc(-c2ccc3c(c2)CCO3)s1)N1CCSc2ccccc21. The van der Waals surface area contributed by atoms with Gasteiger partial charge in [0.25, 0.3) is 5.91 Å². The normalized spacial score (nSPS) is 15.3. The molecule has 0 atom stereocenters. The predicted octanol–water partition coefficient (Wildman–Crippen LogP) is 4.50. The van der Waals surface area contributed by atoms with Crippen molar-refractivity contribution in [3.8, 4) is 16.3 Å². The number of fused-ring (bicyclic) bond motifs is 2. The van der Waals surface area contributed by atoms with Crippen molar-refractivity contribution in [2.75, 3.05) is 23.8 Å². The molecule has 0 saturated heterocycles. The van der Waals surface area contributed by atoms with Crippen LogP contribution in [0, 0.1) is 0 Å². The van der Waals surface area contributed by atoms with Gasteiger partial charge in [-0.05, 0) is 35.9 Å². The minimum Gasteiger partial charge on any atom is -0.493 e. The Morgan fingerprint density at radius 2 is 2.12 bits per heavy atom. The second kappa shape index (κ2) is 6.45. The largest absolute Gasteiger partial charge is 0.493 e.